The highest BCUT2D eigenvalue weighted by Crippen LogP contribution is 2.32. The van der Waals surface area contributed by atoms with Crippen LogP contribution in [0.15, 0.2) is 28.8 Å². The lowest BCUT2D eigenvalue weighted by atomic mass is 9.94. The first kappa shape index (κ1) is 20.4. The minimum Gasteiger partial charge on any atom is -0.486 e. The van der Waals surface area contributed by atoms with E-state index in [1.165, 1.54) is 24.8 Å². The van der Waals surface area contributed by atoms with E-state index in [0.717, 1.165) is 62.5 Å². The van der Waals surface area contributed by atoms with E-state index in [9.17, 15) is 4.79 Å². The van der Waals surface area contributed by atoms with Crippen molar-refractivity contribution in [3.8, 4) is 11.5 Å². The van der Waals surface area contributed by atoms with Gasteiger partial charge in [-0.05, 0) is 49.9 Å². The van der Waals surface area contributed by atoms with Crippen molar-refractivity contribution < 1.29 is 18.8 Å². The smallest absolute Gasteiger partial charge is 0.290 e. The molecule has 7 heteroatoms. The first-order valence-electron chi connectivity index (χ1n) is 11.6. The van der Waals surface area contributed by atoms with E-state index in [2.05, 4.69) is 27.5 Å². The fourth-order valence-corrected chi connectivity index (χ4v) is 4.98. The summed E-state index contributed by atoms with van der Waals surface area (Å²) in [6, 6.07) is 8.31. The fourth-order valence-electron chi connectivity index (χ4n) is 4.98. The van der Waals surface area contributed by atoms with Gasteiger partial charge in [0.25, 0.3) is 5.91 Å². The van der Waals surface area contributed by atoms with Crippen LogP contribution in [-0.2, 0) is 6.54 Å². The molecule has 0 radical (unpaired) electrons. The molecule has 0 unspecified atom stereocenters. The zero-order chi connectivity index (χ0) is 21.0. The first-order valence-corrected chi connectivity index (χ1v) is 11.6. The Morgan fingerprint density at radius 2 is 1.87 bits per heavy atom. The molecule has 1 atom stereocenters. The molecule has 1 aliphatic carbocycles. The lowest BCUT2D eigenvalue weighted by molar-refractivity contribution is 0.0890. The maximum absolute atomic E-state index is 12.6. The van der Waals surface area contributed by atoms with Crippen molar-refractivity contribution in [3.63, 3.8) is 0 Å². The Kier molecular flexibility index (Phi) is 6.11. The number of aromatic nitrogens is 1. The Bertz CT molecular complexity index is 906. The lowest BCUT2D eigenvalue weighted by Crippen LogP contribution is -2.36. The molecule has 2 aromatic rings. The summed E-state index contributed by atoms with van der Waals surface area (Å²) in [6.07, 6.45) is 7.93. The van der Waals surface area contributed by atoms with Gasteiger partial charge in [-0.25, -0.2) is 0 Å². The van der Waals surface area contributed by atoms with E-state index in [4.69, 9.17) is 14.0 Å². The number of hydrogen-bond donors (Lipinski definition) is 1. The minimum atomic E-state index is -0.130. The third-order valence-electron chi connectivity index (χ3n) is 6.63. The largest absolute Gasteiger partial charge is 0.486 e. The summed E-state index contributed by atoms with van der Waals surface area (Å²) in [5.41, 5.74) is 2.11. The number of fused-ring (bicyclic) bond motifs is 1. The van der Waals surface area contributed by atoms with Gasteiger partial charge in [0.05, 0.1) is 5.69 Å². The Labute approximate surface area is 183 Å². The normalized spacial score (nSPS) is 22.3. The predicted molar refractivity (Wildman–Crippen MR) is 116 cm³/mol. The zero-order valence-electron chi connectivity index (χ0n) is 18.0. The van der Waals surface area contributed by atoms with Gasteiger partial charge in [-0.2, -0.15) is 0 Å². The van der Waals surface area contributed by atoms with Gasteiger partial charge in [-0.3, -0.25) is 9.69 Å². The zero-order valence-corrected chi connectivity index (χ0v) is 18.0. The van der Waals surface area contributed by atoms with Crippen molar-refractivity contribution in [1.29, 1.82) is 0 Å². The average molecular weight is 426 g/mol. The molecule has 1 N–H and O–H groups in total. The van der Waals surface area contributed by atoms with Gasteiger partial charge < -0.3 is 19.3 Å². The van der Waals surface area contributed by atoms with Crippen LogP contribution in [0.5, 0.6) is 11.5 Å². The Hall–Kier alpha value is -2.54. The van der Waals surface area contributed by atoms with Crippen LogP contribution in [-0.4, -0.2) is 48.3 Å². The highest BCUT2D eigenvalue weighted by Gasteiger charge is 2.26. The minimum absolute atomic E-state index is 0.130. The molecule has 5 rings (SSSR count). The number of likely N-dealkylation sites (tertiary alicyclic amines) is 1. The van der Waals surface area contributed by atoms with Gasteiger partial charge in [0.15, 0.2) is 11.5 Å². The highest BCUT2D eigenvalue weighted by atomic mass is 16.6. The summed E-state index contributed by atoms with van der Waals surface area (Å²) in [5.74, 6) is 2.15. The highest BCUT2D eigenvalue weighted by molar-refractivity contribution is 5.91. The number of piperidine rings is 1. The third kappa shape index (κ3) is 4.87. The molecule has 1 aromatic carbocycles. The van der Waals surface area contributed by atoms with E-state index < -0.39 is 0 Å². The number of benzene rings is 1. The SMILES string of the molecule is O=C(NC1CCCCC1)c1cc([C@@H]2CCCN(Cc3ccc4c(c3)OCCO4)C2)no1. The van der Waals surface area contributed by atoms with Gasteiger partial charge >= 0.3 is 0 Å². The number of carbonyl (C=O) groups excluding carboxylic acids is 1. The molecule has 7 nitrogen and oxygen atoms in total. The molecule has 0 spiro atoms. The standard InChI is InChI=1S/C24H31N3O4/c28-24(25-19-6-2-1-3-7-19)23-14-20(26-31-23)18-5-4-10-27(16-18)15-17-8-9-21-22(13-17)30-12-11-29-21/h8-9,13-14,18-19H,1-7,10-12,15-16H2,(H,25,28)/t18-/m1/s1. The summed E-state index contributed by atoms with van der Waals surface area (Å²) in [5, 5.41) is 7.37. The summed E-state index contributed by atoms with van der Waals surface area (Å²) in [6.45, 7) is 4.03. The van der Waals surface area contributed by atoms with Crippen molar-refractivity contribution in [1.82, 2.24) is 15.4 Å². The summed E-state index contributed by atoms with van der Waals surface area (Å²) >= 11 is 0. The van der Waals surface area contributed by atoms with E-state index in [0.29, 0.717) is 19.0 Å². The molecule has 1 aromatic heterocycles. The second kappa shape index (κ2) is 9.30. The molecule has 0 bridgehead atoms. The van der Waals surface area contributed by atoms with Crippen LogP contribution in [0.1, 0.15) is 72.7 Å². The average Bonchev–Trinajstić information content (AvgIpc) is 3.31. The molecule has 1 amide bonds. The number of carbonyl (C=O) groups is 1. The third-order valence-corrected chi connectivity index (χ3v) is 6.63. The quantitative estimate of drug-likeness (QED) is 0.783. The van der Waals surface area contributed by atoms with Gasteiger partial charge in [-0.1, -0.05) is 30.5 Å². The maximum Gasteiger partial charge on any atom is 0.290 e. The molecule has 166 valence electrons. The molecule has 3 heterocycles. The number of hydrogen-bond acceptors (Lipinski definition) is 6. The number of nitrogens with one attached hydrogen (secondary N) is 1. The number of rotatable bonds is 5. The summed E-state index contributed by atoms with van der Waals surface area (Å²) in [4.78, 5) is 15.0. The number of ether oxygens (including phenoxy) is 2. The van der Waals surface area contributed by atoms with E-state index in [1.807, 2.05) is 12.1 Å². The molecule has 2 aliphatic heterocycles. The van der Waals surface area contributed by atoms with Crippen LogP contribution in [0, 0.1) is 0 Å². The Morgan fingerprint density at radius 3 is 2.74 bits per heavy atom. The van der Waals surface area contributed by atoms with Crippen LogP contribution < -0.4 is 14.8 Å². The molecular formula is C24H31N3O4. The second-order valence-corrected chi connectivity index (χ2v) is 8.98. The van der Waals surface area contributed by atoms with Crippen molar-refractivity contribution in [2.45, 2.75) is 63.5 Å². The topological polar surface area (TPSA) is 76.8 Å². The molecule has 3 aliphatic rings. The lowest BCUT2D eigenvalue weighted by Gasteiger charge is -2.32. The van der Waals surface area contributed by atoms with E-state index >= 15 is 0 Å². The summed E-state index contributed by atoms with van der Waals surface area (Å²) in [7, 11) is 0. The van der Waals surface area contributed by atoms with Crippen LogP contribution in [0.4, 0.5) is 0 Å². The number of amides is 1. The maximum atomic E-state index is 12.6. The van der Waals surface area contributed by atoms with Crippen molar-refractivity contribution in [2.24, 2.45) is 0 Å². The number of nitrogens with zero attached hydrogens (tertiary/aromatic N) is 2. The van der Waals surface area contributed by atoms with Crippen LogP contribution >= 0.6 is 0 Å². The van der Waals surface area contributed by atoms with Gasteiger partial charge in [0, 0.05) is 31.1 Å². The van der Waals surface area contributed by atoms with E-state index in [1.54, 1.807) is 0 Å². The van der Waals surface area contributed by atoms with Crippen LogP contribution in [0.3, 0.4) is 0 Å². The first-order chi connectivity index (χ1) is 15.2. The molecule has 31 heavy (non-hydrogen) atoms. The van der Waals surface area contributed by atoms with Crippen molar-refractivity contribution >= 4 is 5.91 Å². The fraction of sp³-hybridized carbons (Fsp3) is 0.583. The second-order valence-electron chi connectivity index (χ2n) is 8.98. The molecular weight excluding hydrogens is 394 g/mol. The van der Waals surface area contributed by atoms with Gasteiger partial charge in [0.1, 0.15) is 13.2 Å². The predicted octanol–water partition coefficient (Wildman–Crippen LogP) is 3.89. The van der Waals surface area contributed by atoms with Crippen LogP contribution in [0.2, 0.25) is 0 Å². The molecule has 1 saturated carbocycles. The van der Waals surface area contributed by atoms with Gasteiger partial charge in [-0.15, -0.1) is 0 Å². The Balaban J connectivity index is 1.19. The molecule has 2 fully saturated rings. The van der Waals surface area contributed by atoms with Crippen molar-refractivity contribution in [3.05, 3.63) is 41.3 Å². The summed E-state index contributed by atoms with van der Waals surface area (Å²) < 4.78 is 16.8. The van der Waals surface area contributed by atoms with Crippen molar-refractivity contribution in [2.75, 3.05) is 26.3 Å². The monoisotopic (exact) mass is 425 g/mol. The van der Waals surface area contributed by atoms with E-state index in [-0.39, 0.29) is 17.9 Å². The Morgan fingerprint density at radius 1 is 1.03 bits per heavy atom. The van der Waals surface area contributed by atoms with Crippen LogP contribution in [0.25, 0.3) is 0 Å². The van der Waals surface area contributed by atoms with Gasteiger partial charge in [0.2, 0.25) is 5.76 Å². The molecule has 1 saturated heterocycles.